The van der Waals surface area contributed by atoms with Crippen LogP contribution >= 0.6 is 11.8 Å². The van der Waals surface area contributed by atoms with Crippen molar-refractivity contribution < 1.29 is 29.4 Å². The molecule has 0 heterocycles. The number of aliphatic carboxylic acids is 1. The van der Waals surface area contributed by atoms with Crippen LogP contribution in [0.3, 0.4) is 0 Å². The largest absolute Gasteiger partial charge is 0.480 e. The first-order chi connectivity index (χ1) is 15.7. The summed E-state index contributed by atoms with van der Waals surface area (Å²) in [7, 11) is 0. The monoisotopic (exact) mass is 482 g/mol. The molecule has 0 radical (unpaired) electrons. The van der Waals surface area contributed by atoms with Crippen LogP contribution in [-0.4, -0.2) is 76.7 Å². The third-order valence-electron chi connectivity index (χ3n) is 4.88. The summed E-state index contributed by atoms with van der Waals surface area (Å²) in [4.78, 5) is 49.5. The van der Waals surface area contributed by atoms with Crippen molar-refractivity contribution in [3.05, 3.63) is 35.9 Å². The minimum absolute atomic E-state index is 0.140. The minimum Gasteiger partial charge on any atom is -0.480 e. The Balaban J connectivity index is 3.03. The van der Waals surface area contributed by atoms with Crippen LogP contribution in [-0.2, 0) is 25.6 Å². The van der Waals surface area contributed by atoms with Gasteiger partial charge in [0.15, 0.2) is 0 Å². The van der Waals surface area contributed by atoms with Gasteiger partial charge in [0, 0.05) is 6.42 Å². The van der Waals surface area contributed by atoms with Gasteiger partial charge in [0.05, 0.1) is 6.61 Å². The van der Waals surface area contributed by atoms with Gasteiger partial charge in [-0.3, -0.25) is 14.4 Å². The Morgan fingerprint density at radius 2 is 1.52 bits per heavy atom. The van der Waals surface area contributed by atoms with Crippen LogP contribution in [0.15, 0.2) is 30.3 Å². The van der Waals surface area contributed by atoms with E-state index < -0.39 is 54.5 Å². The molecule has 0 aromatic heterocycles. The number of hydrogen-bond acceptors (Lipinski definition) is 7. The topological polar surface area (TPSA) is 171 Å². The molecule has 1 aromatic rings. The first-order valence-electron chi connectivity index (χ1n) is 10.8. The molecule has 7 N–H and O–H groups in total. The number of thioether (sulfide) groups is 1. The molecule has 10 nitrogen and oxygen atoms in total. The number of aliphatic hydroxyl groups excluding tert-OH is 1. The molecule has 184 valence electrons. The molecule has 1 aromatic carbocycles. The number of amides is 3. The number of benzene rings is 1. The van der Waals surface area contributed by atoms with Crippen molar-refractivity contribution in [2.24, 2.45) is 5.73 Å². The summed E-state index contributed by atoms with van der Waals surface area (Å²) in [5, 5.41) is 26.1. The van der Waals surface area contributed by atoms with E-state index in [1.165, 1.54) is 11.8 Å². The van der Waals surface area contributed by atoms with Gasteiger partial charge in [-0.25, -0.2) is 4.79 Å². The predicted octanol–water partition coefficient (Wildman–Crippen LogP) is -0.359. The number of carbonyl (C=O) groups is 4. The average molecular weight is 483 g/mol. The summed E-state index contributed by atoms with van der Waals surface area (Å²) in [6.45, 7) is 1.22. The van der Waals surface area contributed by atoms with E-state index in [-0.39, 0.29) is 19.3 Å². The fraction of sp³-hybridized carbons (Fsp3) is 0.545. The van der Waals surface area contributed by atoms with Crippen molar-refractivity contribution in [2.45, 2.75) is 56.8 Å². The van der Waals surface area contributed by atoms with Crippen molar-refractivity contribution in [1.82, 2.24) is 16.0 Å². The van der Waals surface area contributed by atoms with Gasteiger partial charge < -0.3 is 31.9 Å². The summed E-state index contributed by atoms with van der Waals surface area (Å²) in [6, 6.07) is 4.70. The molecule has 0 saturated heterocycles. The maximum atomic E-state index is 13.1. The summed E-state index contributed by atoms with van der Waals surface area (Å²) < 4.78 is 0. The van der Waals surface area contributed by atoms with Crippen molar-refractivity contribution in [3.8, 4) is 0 Å². The minimum atomic E-state index is -1.20. The highest BCUT2D eigenvalue weighted by Crippen LogP contribution is 2.07. The van der Waals surface area contributed by atoms with Gasteiger partial charge in [0.2, 0.25) is 17.7 Å². The Morgan fingerprint density at radius 1 is 0.939 bits per heavy atom. The quantitative estimate of drug-likeness (QED) is 0.197. The number of nitrogens with two attached hydrogens (primary N) is 1. The molecule has 0 aliphatic rings. The second-order valence-corrected chi connectivity index (χ2v) is 8.56. The van der Waals surface area contributed by atoms with E-state index in [9.17, 15) is 24.3 Å². The predicted molar refractivity (Wildman–Crippen MR) is 127 cm³/mol. The van der Waals surface area contributed by atoms with Crippen molar-refractivity contribution in [3.63, 3.8) is 0 Å². The van der Waals surface area contributed by atoms with E-state index in [4.69, 9.17) is 10.8 Å². The van der Waals surface area contributed by atoms with Gasteiger partial charge in [-0.15, -0.1) is 0 Å². The van der Waals surface area contributed by atoms with E-state index in [1.54, 1.807) is 24.3 Å². The Hall–Kier alpha value is -2.63. The van der Waals surface area contributed by atoms with Crippen LogP contribution in [0.5, 0.6) is 0 Å². The van der Waals surface area contributed by atoms with Crippen molar-refractivity contribution in [1.29, 1.82) is 0 Å². The Labute approximate surface area is 198 Å². The van der Waals surface area contributed by atoms with Crippen LogP contribution in [0, 0.1) is 0 Å². The SMILES string of the molecule is CCC[C@H](NC(=O)[C@H](CCSC)NC(=O)[C@H](Cc1ccccc1)NC(=O)[C@@H](N)CO)C(=O)O. The van der Waals surface area contributed by atoms with E-state index in [0.29, 0.717) is 12.2 Å². The number of carbonyl (C=O) groups excluding carboxylic acids is 3. The number of carboxylic acid groups (broad SMARTS) is 1. The standard InChI is InChI=1S/C22H34N4O6S/c1-3-7-17(22(31)32)25-20(29)16(10-11-33-2)24-21(30)18(26-19(28)15(23)13-27)12-14-8-5-4-6-9-14/h4-6,8-9,15-18,27H,3,7,10-13,23H2,1-2H3,(H,24,30)(H,25,29)(H,26,28)(H,31,32)/t15-,16-,17-,18-/m0/s1. The maximum Gasteiger partial charge on any atom is 0.326 e. The van der Waals surface area contributed by atoms with Crippen molar-refractivity contribution >= 4 is 35.5 Å². The number of nitrogens with one attached hydrogen (secondary N) is 3. The highest BCUT2D eigenvalue weighted by molar-refractivity contribution is 7.98. The second-order valence-electron chi connectivity index (χ2n) is 7.57. The summed E-state index contributed by atoms with van der Waals surface area (Å²) in [5.74, 6) is -2.51. The van der Waals surface area contributed by atoms with E-state index in [2.05, 4.69) is 16.0 Å². The molecule has 0 saturated carbocycles. The molecule has 1 rings (SSSR count). The Bertz CT molecular complexity index is 779. The van der Waals surface area contributed by atoms with Gasteiger partial charge >= 0.3 is 5.97 Å². The molecule has 0 fully saturated rings. The zero-order valence-electron chi connectivity index (χ0n) is 19.0. The lowest BCUT2D eigenvalue weighted by Gasteiger charge is -2.25. The molecular formula is C22H34N4O6S. The molecule has 11 heteroatoms. The van der Waals surface area contributed by atoms with Crippen LogP contribution < -0.4 is 21.7 Å². The van der Waals surface area contributed by atoms with Crippen LogP contribution in [0.1, 0.15) is 31.7 Å². The molecule has 0 unspecified atom stereocenters. The Kier molecular flexibility index (Phi) is 13.1. The lowest BCUT2D eigenvalue weighted by atomic mass is 10.0. The fourth-order valence-electron chi connectivity index (χ4n) is 3.02. The number of carboxylic acids is 1. The molecule has 4 atom stereocenters. The smallest absolute Gasteiger partial charge is 0.326 e. The highest BCUT2D eigenvalue weighted by Gasteiger charge is 2.30. The third-order valence-corrected chi connectivity index (χ3v) is 5.53. The fourth-order valence-corrected chi connectivity index (χ4v) is 3.49. The lowest BCUT2D eigenvalue weighted by Crippen LogP contribution is -2.58. The van der Waals surface area contributed by atoms with Crippen molar-refractivity contribution in [2.75, 3.05) is 18.6 Å². The van der Waals surface area contributed by atoms with E-state index >= 15 is 0 Å². The summed E-state index contributed by atoms with van der Waals surface area (Å²) >= 11 is 1.48. The number of rotatable bonds is 15. The average Bonchev–Trinajstić information content (AvgIpc) is 2.80. The normalized spacial score (nSPS) is 14.4. The van der Waals surface area contributed by atoms with Gasteiger partial charge in [-0.05, 0) is 30.4 Å². The number of aliphatic hydroxyl groups is 1. The zero-order valence-corrected chi connectivity index (χ0v) is 19.8. The van der Waals surface area contributed by atoms with Crippen LogP contribution in [0.2, 0.25) is 0 Å². The third kappa shape index (κ3) is 10.2. The summed E-state index contributed by atoms with van der Waals surface area (Å²) in [6.07, 6.45) is 3.09. The van der Waals surface area contributed by atoms with Crippen LogP contribution in [0.25, 0.3) is 0 Å². The molecule has 33 heavy (non-hydrogen) atoms. The highest BCUT2D eigenvalue weighted by atomic mass is 32.2. The van der Waals surface area contributed by atoms with Crippen LogP contribution in [0.4, 0.5) is 0 Å². The lowest BCUT2D eigenvalue weighted by molar-refractivity contribution is -0.142. The van der Waals surface area contributed by atoms with Gasteiger partial charge in [-0.1, -0.05) is 43.7 Å². The van der Waals surface area contributed by atoms with Gasteiger partial charge in [0.25, 0.3) is 0 Å². The second kappa shape index (κ2) is 15.3. The maximum absolute atomic E-state index is 13.1. The molecule has 0 bridgehead atoms. The zero-order chi connectivity index (χ0) is 24.8. The molecule has 3 amide bonds. The molecule has 0 aliphatic heterocycles. The Morgan fingerprint density at radius 3 is 2.06 bits per heavy atom. The molecule has 0 aliphatic carbocycles. The summed E-state index contributed by atoms with van der Waals surface area (Å²) in [5.41, 5.74) is 6.34. The van der Waals surface area contributed by atoms with E-state index in [0.717, 1.165) is 5.56 Å². The van der Waals surface area contributed by atoms with E-state index in [1.807, 2.05) is 19.2 Å². The van der Waals surface area contributed by atoms with Gasteiger partial charge in [-0.2, -0.15) is 11.8 Å². The van der Waals surface area contributed by atoms with Gasteiger partial charge in [0.1, 0.15) is 24.2 Å². The number of hydrogen-bond donors (Lipinski definition) is 6. The first-order valence-corrected chi connectivity index (χ1v) is 12.2. The molecular weight excluding hydrogens is 448 g/mol. The first kappa shape index (κ1) is 28.4. The molecule has 0 spiro atoms.